The Morgan fingerprint density at radius 3 is 1.20 bits per heavy atom. The van der Waals surface area contributed by atoms with E-state index in [0.717, 1.165) is 26.2 Å². The van der Waals surface area contributed by atoms with E-state index in [0.29, 0.717) is 36.3 Å². The van der Waals surface area contributed by atoms with E-state index in [-0.39, 0.29) is 59.0 Å². The molecule has 30 heavy (non-hydrogen) atoms. The molecule has 0 aromatic carbocycles. The molecule has 2 radical (unpaired) electrons. The average Bonchev–Trinajstić information content (AvgIpc) is 2.69. The van der Waals surface area contributed by atoms with E-state index in [1.165, 1.54) is 70.6 Å². The summed E-state index contributed by atoms with van der Waals surface area (Å²) in [6.07, 6.45) is 13.9. The first-order valence-electron chi connectivity index (χ1n) is 11.2. The summed E-state index contributed by atoms with van der Waals surface area (Å²) >= 11 is 0. The molecule has 2 saturated carbocycles. The van der Waals surface area contributed by atoms with Crippen molar-refractivity contribution in [2.75, 3.05) is 26.2 Å². The second kappa shape index (κ2) is 16.9. The van der Waals surface area contributed by atoms with Crippen LogP contribution in [0.5, 0.6) is 0 Å². The van der Waals surface area contributed by atoms with Gasteiger partial charge >= 0.3 is 0 Å². The van der Waals surface area contributed by atoms with Crippen molar-refractivity contribution in [1.29, 1.82) is 0 Å². The van der Waals surface area contributed by atoms with E-state index in [4.69, 9.17) is 26.6 Å². The van der Waals surface area contributed by atoms with Crippen molar-refractivity contribution in [2.24, 2.45) is 0 Å². The number of nitrogens with zero attached hydrogens (tertiary/aromatic N) is 5. The summed E-state index contributed by atoms with van der Waals surface area (Å²) in [6, 6.07) is 2.63. The van der Waals surface area contributed by atoms with Crippen LogP contribution in [0, 0.1) is 0 Å². The number of hydrogen-bond donors (Lipinski definition) is 0. The van der Waals surface area contributed by atoms with Gasteiger partial charge in [-0.1, -0.05) is 70.6 Å². The van der Waals surface area contributed by atoms with Gasteiger partial charge in [0.2, 0.25) is 0 Å². The molecule has 4 aliphatic rings. The third-order valence-electron chi connectivity index (χ3n) is 6.81. The average molecular weight is 539 g/mol. The Kier molecular flexibility index (Phi) is 17.7. The van der Waals surface area contributed by atoms with Gasteiger partial charge in [0.25, 0.3) is 0 Å². The fraction of sp³-hybridized carbons (Fsp3) is 1.00. The van der Waals surface area contributed by atoms with Crippen LogP contribution in [0.4, 0.5) is 0 Å². The van der Waals surface area contributed by atoms with Crippen molar-refractivity contribution < 1.29 is 59.0 Å². The second-order valence-electron chi connectivity index (χ2n) is 8.77. The SMILES string of the molecule is C1CC2C[N-][C@@H]3CCCC[C@H]3[N-]CC[N-][C@@H]3CCCC[C@H]3[N-]CC(C1)[N-]2.[Cl-].[Cl-].[Mn].[Mn]. The van der Waals surface area contributed by atoms with Crippen LogP contribution in [0.1, 0.15) is 70.6 Å². The summed E-state index contributed by atoms with van der Waals surface area (Å²) in [7, 11) is 0. The van der Waals surface area contributed by atoms with Gasteiger partial charge in [-0.15, -0.1) is 0 Å². The van der Waals surface area contributed by atoms with E-state index >= 15 is 0 Å². The zero-order valence-electron chi connectivity index (χ0n) is 17.8. The molecule has 2 heterocycles. The van der Waals surface area contributed by atoms with Gasteiger partial charge in [-0.05, 0) is 0 Å². The maximum absolute atomic E-state index is 5.12. The molecule has 2 unspecified atom stereocenters. The standard InChI is InChI=1S/C21H36N5.2ClH.2Mn/c1-3-10-20-18(8-1)22-12-13-23-19-9-2-4-11-21(19)25-15-17-7-5-6-16(26-17)14-24-20;;;;/h16-21H,1-15H2;2*1H;;/q-5;;;;/p-2/t16?,17?,18-,19-,20-,21-;;;;/m1..../s1. The summed E-state index contributed by atoms with van der Waals surface area (Å²) in [5, 5.41) is 25.4. The molecule has 4 fully saturated rings. The molecule has 0 aromatic rings. The maximum Gasteiger partial charge on any atom is 0 e. The van der Waals surface area contributed by atoms with Crippen LogP contribution < -0.4 is 24.8 Å². The smallest absolute Gasteiger partial charge is 0 e. The molecule has 0 spiro atoms. The molecule has 9 heteroatoms. The van der Waals surface area contributed by atoms with E-state index in [1.807, 2.05) is 0 Å². The zero-order valence-corrected chi connectivity index (χ0v) is 21.7. The molecule has 6 atom stereocenters. The van der Waals surface area contributed by atoms with Crippen LogP contribution in [-0.4, -0.2) is 62.4 Å². The molecule has 2 aliphatic heterocycles. The van der Waals surface area contributed by atoms with Crippen molar-refractivity contribution in [2.45, 2.75) is 107 Å². The molecule has 2 bridgehead atoms. The fourth-order valence-corrected chi connectivity index (χ4v) is 5.31. The summed E-state index contributed by atoms with van der Waals surface area (Å²) in [5.74, 6) is 0. The minimum atomic E-state index is 0. The Bertz CT molecular complexity index is 402. The number of piperidine rings is 1. The van der Waals surface area contributed by atoms with Crippen LogP contribution >= 0.6 is 0 Å². The van der Waals surface area contributed by atoms with Gasteiger partial charge in [0.1, 0.15) is 0 Å². The van der Waals surface area contributed by atoms with Crippen LogP contribution in [-0.2, 0) is 34.1 Å². The number of rotatable bonds is 0. The molecule has 180 valence electrons. The Morgan fingerprint density at radius 2 is 0.800 bits per heavy atom. The van der Waals surface area contributed by atoms with Gasteiger partial charge in [0, 0.05) is 34.1 Å². The van der Waals surface area contributed by atoms with E-state index in [9.17, 15) is 0 Å². The van der Waals surface area contributed by atoms with Gasteiger partial charge in [-0.3, -0.25) is 0 Å². The van der Waals surface area contributed by atoms with Crippen LogP contribution in [0.25, 0.3) is 26.6 Å². The van der Waals surface area contributed by atoms with Crippen molar-refractivity contribution in [3.63, 3.8) is 0 Å². The van der Waals surface area contributed by atoms with E-state index < -0.39 is 0 Å². The van der Waals surface area contributed by atoms with E-state index in [1.54, 1.807) is 0 Å². The van der Waals surface area contributed by atoms with Crippen LogP contribution in [0.3, 0.4) is 0 Å². The molecule has 2 aliphatic carbocycles. The third-order valence-corrected chi connectivity index (χ3v) is 6.81. The quantitative estimate of drug-likeness (QED) is 0.370. The van der Waals surface area contributed by atoms with Crippen molar-refractivity contribution in [1.82, 2.24) is 0 Å². The van der Waals surface area contributed by atoms with Crippen molar-refractivity contribution >= 4 is 0 Å². The monoisotopic (exact) mass is 538 g/mol. The molecular formula is C21H36Cl2Mn2N5-7. The molecule has 0 amide bonds. The summed E-state index contributed by atoms with van der Waals surface area (Å²) in [6.45, 7) is 3.61. The first-order valence-corrected chi connectivity index (χ1v) is 11.2. The zero-order chi connectivity index (χ0) is 17.6. The van der Waals surface area contributed by atoms with Crippen LogP contribution in [0.2, 0.25) is 0 Å². The maximum atomic E-state index is 5.12. The first-order chi connectivity index (χ1) is 12.9. The normalized spacial score (nSPS) is 37.6. The topological polar surface area (TPSA) is 70.5 Å². The predicted octanol–water partition coefficient (Wildman–Crippen LogP) is -0.585. The minimum absolute atomic E-state index is 0. The Labute approximate surface area is 217 Å². The summed E-state index contributed by atoms with van der Waals surface area (Å²) in [5.41, 5.74) is 0. The molecule has 5 nitrogen and oxygen atoms in total. The van der Waals surface area contributed by atoms with E-state index in [2.05, 4.69) is 0 Å². The molecule has 2 saturated heterocycles. The third kappa shape index (κ3) is 9.35. The second-order valence-corrected chi connectivity index (χ2v) is 8.77. The fourth-order valence-electron chi connectivity index (χ4n) is 5.31. The first kappa shape index (κ1) is 31.4. The van der Waals surface area contributed by atoms with Gasteiger partial charge in [0.15, 0.2) is 0 Å². The molecule has 0 N–H and O–H groups in total. The summed E-state index contributed by atoms with van der Waals surface area (Å²) < 4.78 is 0. The molecular weight excluding hydrogens is 503 g/mol. The number of fused-ring (bicyclic) bond motifs is 4. The number of halogens is 2. The Hall–Kier alpha value is 1.42. The van der Waals surface area contributed by atoms with Gasteiger partial charge in [0.05, 0.1) is 0 Å². The Morgan fingerprint density at radius 1 is 0.433 bits per heavy atom. The predicted molar refractivity (Wildman–Crippen MR) is 110 cm³/mol. The van der Waals surface area contributed by atoms with Gasteiger partial charge < -0.3 is 51.4 Å². The van der Waals surface area contributed by atoms with Crippen LogP contribution in [0.15, 0.2) is 0 Å². The largest absolute Gasteiger partial charge is 1.00 e. The van der Waals surface area contributed by atoms with Crippen molar-refractivity contribution in [3.8, 4) is 0 Å². The number of hydrogen-bond acceptors (Lipinski definition) is 0. The van der Waals surface area contributed by atoms with Gasteiger partial charge in [-0.25, -0.2) is 0 Å². The van der Waals surface area contributed by atoms with Gasteiger partial charge in [-0.2, -0.15) is 62.4 Å². The minimum Gasteiger partial charge on any atom is -1.00 e. The van der Waals surface area contributed by atoms with Crippen molar-refractivity contribution in [3.05, 3.63) is 26.6 Å². The molecule has 4 rings (SSSR count). The Balaban J connectivity index is 0.00000210. The molecule has 0 aromatic heterocycles. The summed E-state index contributed by atoms with van der Waals surface area (Å²) in [4.78, 5) is 0.